The molecule has 0 bridgehead atoms. The molecule has 1 N–H and O–H groups in total. The normalized spacial score (nSPS) is 18.1. The fourth-order valence-electron chi connectivity index (χ4n) is 2.46. The van der Waals surface area contributed by atoms with Crippen molar-refractivity contribution in [2.75, 3.05) is 33.2 Å². The van der Waals surface area contributed by atoms with Crippen molar-refractivity contribution < 1.29 is 9.59 Å². The van der Waals surface area contributed by atoms with Crippen LogP contribution >= 0.6 is 0 Å². The van der Waals surface area contributed by atoms with Crippen LogP contribution in [0.2, 0.25) is 0 Å². The Hall–Kier alpha value is -1.10. The van der Waals surface area contributed by atoms with E-state index < -0.39 is 0 Å². The molecular formula is C14H27N3O2. The number of hydrogen-bond acceptors (Lipinski definition) is 3. The van der Waals surface area contributed by atoms with E-state index in [1.807, 2.05) is 14.0 Å². The van der Waals surface area contributed by atoms with Gasteiger partial charge in [0.25, 0.3) is 0 Å². The summed E-state index contributed by atoms with van der Waals surface area (Å²) in [5, 5.41) is 3.25. The maximum atomic E-state index is 12.0. The lowest BCUT2D eigenvalue weighted by atomic mass is 10.1. The minimum atomic E-state index is 0.0853. The predicted octanol–water partition coefficient (Wildman–Crippen LogP) is 0.845. The zero-order valence-electron chi connectivity index (χ0n) is 12.4. The van der Waals surface area contributed by atoms with Crippen molar-refractivity contribution in [2.24, 2.45) is 0 Å². The topological polar surface area (TPSA) is 52.7 Å². The van der Waals surface area contributed by atoms with Gasteiger partial charge in [0.05, 0.1) is 13.1 Å². The van der Waals surface area contributed by atoms with Gasteiger partial charge in [-0.3, -0.25) is 9.59 Å². The molecule has 0 aromatic heterocycles. The van der Waals surface area contributed by atoms with Crippen LogP contribution in [0.15, 0.2) is 0 Å². The second kappa shape index (κ2) is 8.15. The molecule has 1 saturated heterocycles. The van der Waals surface area contributed by atoms with Gasteiger partial charge in [0.2, 0.25) is 11.8 Å². The molecular weight excluding hydrogens is 242 g/mol. The second-order valence-electron chi connectivity index (χ2n) is 5.17. The number of nitrogens with zero attached hydrogens (tertiary/aromatic N) is 2. The molecule has 2 amide bonds. The molecule has 1 rings (SSSR count). The number of nitrogens with one attached hydrogen (secondary N) is 1. The van der Waals surface area contributed by atoms with E-state index in [0.29, 0.717) is 19.1 Å². The van der Waals surface area contributed by atoms with Gasteiger partial charge in [-0.1, -0.05) is 13.8 Å². The Bertz CT molecular complexity index is 303. The summed E-state index contributed by atoms with van der Waals surface area (Å²) in [6, 6.07) is 0.507. The number of carbonyl (C=O) groups excluding carboxylic acids is 2. The zero-order valence-corrected chi connectivity index (χ0v) is 12.4. The first kappa shape index (κ1) is 16.0. The lowest BCUT2D eigenvalue weighted by Gasteiger charge is -2.34. The van der Waals surface area contributed by atoms with Crippen LogP contribution in [0.1, 0.15) is 39.5 Å². The van der Waals surface area contributed by atoms with E-state index in [9.17, 15) is 9.59 Å². The molecule has 0 radical (unpaired) electrons. The molecule has 19 heavy (non-hydrogen) atoms. The summed E-state index contributed by atoms with van der Waals surface area (Å²) in [6.07, 6.45) is 3.99. The number of hydrogen-bond donors (Lipinski definition) is 1. The van der Waals surface area contributed by atoms with Crippen molar-refractivity contribution in [3.05, 3.63) is 0 Å². The number of rotatable bonds is 8. The van der Waals surface area contributed by atoms with Crippen LogP contribution in [-0.4, -0.2) is 60.9 Å². The van der Waals surface area contributed by atoms with Crippen molar-refractivity contribution in [3.63, 3.8) is 0 Å². The summed E-state index contributed by atoms with van der Waals surface area (Å²) in [5.74, 6) is 0.174. The Morgan fingerprint density at radius 3 is 2.16 bits per heavy atom. The largest absolute Gasteiger partial charge is 0.332 e. The Labute approximate surface area is 116 Å². The van der Waals surface area contributed by atoms with Crippen LogP contribution < -0.4 is 5.32 Å². The molecule has 0 saturated carbocycles. The first-order chi connectivity index (χ1) is 9.12. The number of piperazine rings is 1. The third-order valence-electron chi connectivity index (χ3n) is 3.73. The maximum absolute atomic E-state index is 12.0. The smallest absolute Gasteiger partial charge is 0.242 e. The maximum Gasteiger partial charge on any atom is 0.242 e. The SMILES string of the molecule is CCCN1CC(=O)N(CCCC(CC)NC)CC1=O. The summed E-state index contributed by atoms with van der Waals surface area (Å²) >= 11 is 0. The van der Waals surface area contributed by atoms with Crippen molar-refractivity contribution in [3.8, 4) is 0 Å². The minimum absolute atomic E-state index is 0.0853. The van der Waals surface area contributed by atoms with Crippen molar-refractivity contribution in [2.45, 2.75) is 45.6 Å². The summed E-state index contributed by atoms with van der Waals surface area (Å²) in [6.45, 7) is 6.08. The van der Waals surface area contributed by atoms with Gasteiger partial charge in [0, 0.05) is 19.1 Å². The van der Waals surface area contributed by atoms with E-state index in [2.05, 4.69) is 12.2 Å². The van der Waals surface area contributed by atoms with E-state index >= 15 is 0 Å². The summed E-state index contributed by atoms with van der Waals surface area (Å²) in [7, 11) is 1.96. The highest BCUT2D eigenvalue weighted by atomic mass is 16.2. The first-order valence-corrected chi connectivity index (χ1v) is 7.35. The van der Waals surface area contributed by atoms with E-state index in [0.717, 1.165) is 25.7 Å². The number of amides is 2. The molecule has 0 aliphatic carbocycles. The predicted molar refractivity (Wildman–Crippen MR) is 75.8 cm³/mol. The van der Waals surface area contributed by atoms with Crippen LogP contribution in [-0.2, 0) is 9.59 Å². The highest BCUT2D eigenvalue weighted by molar-refractivity contribution is 5.92. The lowest BCUT2D eigenvalue weighted by Crippen LogP contribution is -2.54. The highest BCUT2D eigenvalue weighted by Crippen LogP contribution is 2.08. The van der Waals surface area contributed by atoms with E-state index in [4.69, 9.17) is 0 Å². The van der Waals surface area contributed by atoms with Crippen LogP contribution in [0.3, 0.4) is 0 Å². The fraction of sp³-hybridized carbons (Fsp3) is 0.857. The third-order valence-corrected chi connectivity index (χ3v) is 3.73. The molecule has 1 atom stereocenters. The van der Waals surface area contributed by atoms with E-state index in [-0.39, 0.29) is 24.9 Å². The van der Waals surface area contributed by atoms with Crippen molar-refractivity contribution in [1.29, 1.82) is 0 Å². The summed E-state index contributed by atoms with van der Waals surface area (Å²) in [5.41, 5.74) is 0. The van der Waals surface area contributed by atoms with Crippen molar-refractivity contribution in [1.82, 2.24) is 15.1 Å². The molecule has 1 fully saturated rings. The van der Waals surface area contributed by atoms with Gasteiger partial charge in [-0.25, -0.2) is 0 Å². The molecule has 1 heterocycles. The van der Waals surface area contributed by atoms with E-state index in [1.54, 1.807) is 9.80 Å². The van der Waals surface area contributed by atoms with Gasteiger partial charge < -0.3 is 15.1 Å². The molecule has 1 aliphatic rings. The quantitative estimate of drug-likeness (QED) is 0.710. The molecule has 0 aromatic rings. The standard InChI is InChI=1S/C14H27N3O2/c1-4-8-16-10-14(19)17(11-13(16)18)9-6-7-12(5-2)15-3/h12,15H,4-11H2,1-3H3. The van der Waals surface area contributed by atoms with Crippen LogP contribution in [0, 0.1) is 0 Å². The second-order valence-corrected chi connectivity index (χ2v) is 5.17. The third kappa shape index (κ3) is 4.82. The van der Waals surface area contributed by atoms with Crippen LogP contribution in [0.4, 0.5) is 0 Å². The summed E-state index contributed by atoms with van der Waals surface area (Å²) < 4.78 is 0. The van der Waals surface area contributed by atoms with Gasteiger partial charge in [-0.15, -0.1) is 0 Å². The zero-order chi connectivity index (χ0) is 14.3. The Kier molecular flexibility index (Phi) is 6.84. The molecule has 110 valence electrons. The molecule has 1 unspecified atom stereocenters. The van der Waals surface area contributed by atoms with Gasteiger partial charge in [0.15, 0.2) is 0 Å². The van der Waals surface area contributed by atoms with Gasteiger partial charge >= 0.3 is 0 Å². The van der Waals surface area contributed by atoms with Gasteiger partial charge in [0.1, 0.15) is 0 Å². The monoisotopic (exact) mass is 269 g/mol. The number of carbonyl (C=O) groups is 2. The average molecular weight is 269 g/mol. The Balaban J connectivity index is 2.35. The van der Waals surface area contributed by atoms with Crippen LogP contribution in [0.25, 0.3) is 0 Å². The first-order valence-electron chi connectivity index (χ1n) is 7.35. The molecule has 1 aliphatic heterocycles. The fourth-order valence-corrected chi connectivity index (χ4v) is 2.46. The van der Waals surface area contributed by atoms with Crippen LogP contribution in [0.5, 0.6) is 0 Å². The molecule has 0 aromatic carbocycles. The minimum Gasteiger partial charge on any atom is -0.332 e. The lowest BCUT2D eigenvalue weighted by molar-refractivity contribution is -0.150. The Morgan fingerprint density at radius 2 is 1.68 bits per heavy atom. The Morgan fingerprint density at radius 1 is 1.11 bits per heavy atom. The molecule has 5 heteroatoms. The van der Waals surface area contributed by atoms with Gasteiger partial charge in [-0.05, 0) is 32.7 Å². The van der Waals surface area contributed by atoms with Gasteiger partial charge in [-0.2, -0.15) is 0 Å². The average Bonchev–Trinajstić information content (AvgIpc) is 2.40. The van der Waals surface area contributed by atoms with E-state index in [1.165, 1.54) is 0 Å². The highest BCUT2D eigenvalue weighted by Gasteiger charge is 2.28. The summed E-state index contributed by atoms with van der Waals surface area (Å²) in [4.78, 5) is 27.2. The molecule has 0 spiro atoms. The molecule has 5 nitrogen and oxygen atoms in total. The van der Waals surface area contributed by atoms with Crippen molar-refractivity contribution >= 4 is 11.8 Å².